The van der Waals surface area contributed by atoms with Crippen LogP contribution in [0.1, 0.15) is 31.9 Å². The first-order valence-corrected chi connectivity index (χ1v) is 7.36. The third kappa shape index (κ3) is 2.80. The molecule has 1 fully saturated rings. The average Bonchev–Trinajstić information content (AvgIpc) is 3.00. The molecule has 1 aromatic carbocycles. The molecule has 0 spiro atoms. The fourth-order valence-electron chi connectivity index (χ4n) is 3.09. The van der Waals surface area contributed by atoms with Crippen molar-refractivity contribution in [1.29, 1.82) is 0 Å². The van der Waals surface area contributed by atoms with Gasteiger partial charge in [0.15, 0.2) is 0 Å². The highest BCUT2D eigenvalue weighted by Crippen LogP contribution is 2.59. The lowest BCUT2D eigenvalue weighted by Crippen LogP contribution is -2.33. The molecule has 0 radical (unpaired) electrons. The summed E-state index contributed by atoms with van der Waals surface area (Å²) in [5.74, 6) is -1.88. The van der Waals surface area contributed by atoms with E-state index in [1.165, 1.54) is 0 Å². The van der Waals surface area contributed by atoms with E-state index >= 15 is 0 Å². The van der Waals surface area contributed by atoms with Crippen molar-refractivity contribution in [3.63, 3.8) is 0 Å². The number of carboxylic acids is 1. The lowest BCUT2D eigenvalue weighted by molar-refractivity contribution is -0.142. The first kappa shape index (κ1) is 15.5. The molecule has 1 aliphatic carbocycles. The van der Waals surface area contributed by atoms with Gasteiger partial charge in [0.05, 0.1) is 11.8 Å². The number of hydrogen-bond donors (Lipinski definition) is 1. The normalized spacial score (nSPS) is 22.7. The third-order valence-corrected chi connectivity index (χ3v) is 4.68. The van der Waals surface area contributed by atoms with E-state index in [1.54, 1.807) is 4.90 Å². The van der Waals surface area contributed by atoms with E-state index < -0.39 is 23.2 Å². The molecule has 2 atom stereocenters. The molecule has 114 valence electrons. The van der Waals surface area contributed by atoms with E-state index in [1.807, 2.05) is 52.0 Å². The van der Waals surface area contributed by atoms with Gasteiger partial charge in [-0.1, -0.05) is 38.1 Å². The highest BCUT2D eigenvalue weighted by Gasteiger charge is 2.66. The van der Waals surface area contributed by atoms with Crippen LogP contribution in [0.2, 0.25) is 0 Å². The van der Waals surface area contributed by atoms with Gasteiger partial charge in [0.1, 0.15) is 0 Å². The summed E-state index contributed by atoms with van der Waals surface area (Å²) in [6.45, 7) is 8.80. The van der Waals surface area contributed by atoms with Crippen LogP contribution in [0.4, 0.5) is 0 Å². The molecule has 0 bridgehead atoms. The summed E-state index contributed by atoms with van der Waals surface area (Å²) in [6, 6.07) is 7.97. The number of carboxylic acid groups (broad SMARTS) is 1. The van der Waals surface area contributed by atoms with Gasteiger partial charge < -0.3 is 10.0 Å². The Morgan fingerprint density at radius 1 is 1.24 bits per heavy atom. The van der Waals surface area contributed by atoms with Crippen LogP contribution in [0.15, 0.2) is 24.3 Å². The van der Waals surface area contributed by atoms with Gasteiger partial charge in [-0.15, -0.1) is 0 Å². The van der Waals surface area contributed by atoms with Gasteiger partial charge >= 0.3 is 5.97 Å². The van der Waals surface area contributed by atoms with Crippen molar-refractivity contribution in [1.82, 2.24) is 4.90 Å². The molecule has 0 saturated heterocycles. The Morgan fingerprint density at radius 3 is 2.33 bits per heavy atom. The fourth-order valence-corrected chi connectivity index (χ4v) is 3.09. The zero-order valence-electron chi connectivity index (χ0n) is 13.1. The van der Waals surface area contributed by atoms with Gasteiger partial charge in [0, 0.05) is 13.1 Å². The predicted molar refractivity (Wildman–Crippen MR) is 80.7 cm³/mol. The maximum atomic E-state index is 12.6. The zero-order valence-corrected chi connectivity index (χ0v) is 13.1. The van der Waals surface area contributed by atoms with Crippen LogP contribution in [-0.2, 0) is 16.1 Å². The summed E-state index contributed by atoms with van der Waals surface area (Å²) in [6.07, 6.45) is 0. The quantitative estimate of drug-likeness (QED) is 0.906. The summed E-state index contributed by atoms with van der Waals surface area (Å²) in [5, 5.41) is 9.23. The van der Waals surface area contributed by atoms with Gasteiger partial charge in [-0.2, -0.15) is 0 Å². The molecule has 2 unspecified atom stereocenters. The Morgan fingerprint density at radius 2 is 1.86 bits per heavy atom. The van der Waals surface area contributed by atoms with Crippen molar-refractivity contribution >= 4 is 11.9 Å². The first-order valence-electron chi connectivity index (χ1n) is 7.36. The van der Waals surface area contributed by atoms with Crippen molar-refractivity contribution in [3.05, 3.63) is 35.4 Å². The van der Waals surface area contributed by atoms with Crippen LogP contribution in [0, 0.1) is 24.2 Å². The number of benzene rings is 1. The largest absolute Gasteiger partial charge is 0.481 e. The van der Waals surface area contributed by atoms with Gasteiger partial charge in [-0.3, -0.25) is 9.59 Å². The van der Waals surface area contributed by atoms with E-state index in [0.29, 0.717) is 13.1 Å². The summed E-state index contributed by atoms with van der Waals surface area (Å²) in [7, 11) is 0. The Balaban J connectivity index is 2.14. The van der Waals surface area contributed by atoms with Crippen molar-refractivity contribution in [2.75, 3.05) is 6.54 Å². The Bertz CT molecular complexity index is 565. The van der Waals surface area contributed by atoms with Crippen LogP contribution >= 0.6 is 0 Å². The Labute approximate surface area is 125 Å². The van der Waals surface area contributed by atoms with Crippen LogP contribution in [0.5, 0.6) is 0 Å². The second-order valence-corrected chi connectivity index (χ2v) is 6.39. The minimum absolute atomic E-state index is 0.0434. The molecule has 0 aliphatic heterocycles. The number of hydrogen-bond acceptors (Lipinski definition) is 2. The maximum absolute atomic E-state index is 12.6. The summed E-state index contributed by atoms with van der Waals surface area (Å²) in [4.78, 5) is 25.7. The van der Waals surface area contributed by atoms with E-state index in [0.717, 1.165) is 11.1 Å². The fraction of sp³-hybridized carbons (Fsp3) is 0.529. The Hall–Kier alpha value is -1.84. The third-order valence-electron chi connectivity index (χ3n) is 4.68. The SMILES string of the molecule is CCN(Cc1ccccc1C)C(=O)C1C(C(=O)O)C1(C)C. The highest BCUT2D eigenvalue weighted by atomic mass is 16.4. The molecule has 0 heterocycles. The molecule has 1 saturated carbocycles. The standard InChI is InChI=1S/C17H23NO3/c1-5-18(10-12-9-7-6-8-11(12)2)15(19)13-14(16(20)21)17(13,3)4/h6-9,13-14H,5,10H2,1-4H3,(H,20,21). The molecule has 4 nitrogen and oxygen atoms in total. The number of nitrogens with zero attached hydrogens (tertiary/aromatic N) is 1. The smallest absolute Gasteiger partial charge is 0.307 e. The number of rotatable bonds is 5. The van der Waals surface area contributed by atoms with Crippen LogP contribution in [0.3, 0.4) is 0 Å². The van der Waals surface area contributed by atoms with Crippen LogP contribution in [0.25, 0.3) is 0 Å². The topological polar surface area (TPSA) is 57.6 Å². The second kappa shape index (κ2) is 5.51. The minimum Gasteiger partial charge on any atom is -0.481 e. The molecular weight excluding hydrogens is 266 g/mol. The summed E-state index contributed by atoms with van der Waals surface area (Å²) < 4.78 is 0. The van der Waals surface area contributed by atoms with Gasteiger partial charge in [-0.25, -0.2) is 0 Å². The molecule has 1 aliphatic rings. The predicted octanol–water partition coefficient (Wildman–Crippen LogP) is 2.70. The first-order chi connectivity index (χ1) is 9.80. The van der Waals surface area contributed by atoms with Gasteiger partial charge in [0.25, 0.3) is 0 Å². The lowest BCUT2D eigenvalue weighted by atomic mass is 10.1. The molecule has 1 aromatic rings. The number of aliphatic carboxylic acids is 1. The van der Waals surface area contributed by atoms with Crippen LogP contribution < -0.4 is 0 Å². The molecule has 1 amide bonds. The number of carbonyl (C=O) groups is 2. The number of aryl methyl sites for hydroxylation is 1. The van der Waals surface area contributed by atoms with E-state index in [-0.39, 0.29) is 5.91 Å². The highest BCUT2D eigenvalue weighted by molar-refractivity contribution is 5.91. The molecular formula is C17H23NO3. The maximum Gasteiger partial charge on any atom is 0.307 e. The van der Waals surface area contributed by atoms with Gasteiger partial charge in [-0.05, 0) is 30.4 Å². The molecule has 0 aromatic heterocycles. The van der Waals surface area contributed by atoms with Crippen LogP contribution in [-0.4, -0.2) is 28.4 Å². The molecule has 2 rings (SSSR count). The number of carbonyl (C=O) groups excluding carboxylic acids is 1. The van der Waals surface area contributed by atoms with Crippen molar-refractivity contribution < 1.29 is 14.7 Å². The van der Waals surface area contributed by atoms with E-state index in [2.05, 4.69) is 0 Å². The molecule has 21 heavy (non-hydrogen) atoms. The van der Waals surface area contributed by atoms with Gasteiger partial charge in [0.2, 0.25) is 5.91 Å². The second-order valence-electron chi connectivity index (χ2n) is 6.39. The minimum atomic E-state index is -0.870. The summed E-state index contributed by atoms with van der Waals surface area (Å²) >= 11 is 0. The zero-order chi connectivity index (χ0) is 15.8. The lowest BCUT2D eigenvalue weighted by Gasteiger charge is -2.22. The Kier molecular flexibility index (Phi) is 4.08. The van der Waals surface area contributed by atoms with E-state index in [9.17, 15) is 14.7 Å². The van der Waals surface area contributed by atoms with Crippen molar-refractivity contribution in [3.8, 4) is 0 Å². The van der Waals surface area contributed by atoms with Crippen molar-refractivity contribution in [2.45, 2.75) is 34.2 Å². The monoisotopic (exact) mass is 289 g/mol. The van der Waals surface area contributed by atoms with E-state index in [4.69, 9.17) is 0 Å². The number of amides is 1. The molecule has 1 N–H and O–H groups in total. The van der Waals surface area contributed by atoms with Crippen molar-refractivity contribution in [2.24, 2.45) is 17.3 Å². The average molecular weight is 289 g/mol. The molecule has 4 heteroatoms. The summed E-state index contributed by atoms with van der Waals surface area (Å²) in [5.41, 5.74) is 1.81.